The van der Waals surface area contributed by atoms with Crippen molar-refractivity contribution in [2.75, 3.05) is 0 Å². The normalized spacial score (nSPS) is 10.7. The number of aliphatic carboxylic acids is 2. The smallest absolute Gasteiger partial charge is 0.346 e. The van der Waals surface area contributed by atoms with Crippen molar-refractivity contribution in [3.8, 4) is 0 Å². The predicted molar refractivity (Wildman–Crippen MR) is 78.8 cm³/mol. The van der Waals surface area contributed by atoms with Crippen LogP contribution in [0.3, 0.4) is 0 Å². The molecule has 0 saturated carbocycles. The summed E-state index contributed by atoms with van der Waals surface area (Å²) >= 11 is 0. The number of carboxylic acid groups (broad SMARTS) is 4. The monoisotopic (exact) mass is 368 g/mol. The molecule has 0 heterocycles. The van der Waals surface area contributed by atoms with Gasteiger partial charge in [0.1, 0.15) is 0 Å². The molecule has 4 N–H and O–H groups in total. The molecule has 0 radical (unpaired) electrons. The van der Waals surface area contributed by atoms with Crippen LogP contribution >= 0.6 is 0 Å². The Labute approximate surface area is 144 Å². The van der Waals surface area contributed by atoms with Gasteiger partial charge in [-0.1, -0.05) is 6.92 Å². The largest absolute Gasteiger partial charge is 0.480 e. The van der Waals surface area contributed by atoms with E-state index in [1.54, 1.807) is 0 Å². The van der Waals surface area contributed by atoms with Gasteiger partial charge in [-0.15, -0.1) is 0 Å². The molecule has 11 nitrogen and oxygen atoms in total. The molecule has 0 aliphatic heterocycles. The molecule has 0 spiro atoms. The van der Waals surface area contributed by atoms with E-state index in [1.165, 1.54) is 0 Å². The fraction of sp³-hybridized carbons (Fsp3) is 0.200. The van der Waals surface area contributed by atoms with Crippen molar-refractivity contribution < 1.29 is 53.9 Å². The summed E-state index contributed by atoms with van der Waals surface area (Å²) in [4.78, 5) is 68.6. The molecule has 0 fully saturated rings. The van der Waals surface area contributed by atoms with Crippen LogP contribution in [0.15, 0.2) is 18.2 Å². The minimum Gasteiger partial charge on any atom is -0.480 e. The van der Waals surface area contributed by atoms with E-state index in [1.807, 2.05) is 0 Å². The number of hydrogen-bond acceptors (Lipinski definition) is 7. The zero-order valence-electron chi connectivity index (χ0n) is 13.1. The third-order valence-corrected chi connectivity index (χ3v) is 3.51. The summed E-state index contributed by atoms with van der Waals surface area (Å²) in [7, 11) is 0. The quantitative estimate of drug-likeness (QED) is 0.383. The van der Waals surface area contributed by atoms with Crippen LogP contribution in [-0.2, 0) is 19.1 Å². The zero-order chi connectivity index (χ0) is 20.2. The first kappa shape index (κ1) is 20.3. The van der Waals surface area contributed by atoms with Crippen molar-refractivity contribution in [3.05, 3.63) is 34.9 Å². The molecule has 0 aliphatic carbocycles. The lowest BCUT2D eigenvalue weighted by Gasteiger charge is -2.20. The highest BCUT2D eigenvalue weighted by Crippen LogP contribution is 2.26. The van der Waals surface area contributed by atoms with Crippen molar-refractivity contribution >= 4 is 35.8 Å². The first-order valence-electron chi connectivity index (χ1n) is 6.83. The molecule has 0 saturated heterocycles. The van der Waals surface area contributed by atoms with E-state index in [0.29, 0.717) is 6.07 Å². The number of esters is 2. The van der Waals surface area contributed by atoms with Crippen molar-refractivity contribution in [3.63, 3.8) is 0 Å². The van der Waals surface area contributed by atoms with Gasteiger partial charge in [-0.2, -0.15) is 0 Å². The maximum atomic E-state index is 12.1. The number of aromatic carboxylic acids is 2. The van der Waals surface area contributed by atoms with Crippen LogP contribution < -0.4 is 0 Å². The molecule has 138 valence electrons. The SMILES string of the molecule is CCC(C(=O)O)(C(=O)O)C(=O)OC(=O)c1cc(C(=O)O)ccc1C(=O)O. The Morgan fingerprint density at radius 2 is 1.42 bits per heavy atom. The molecule has 1 aromatic carbocycles. The van der Waals surface area contributed by atoms with Gasteiger partial charge in [0.05, 0.1) is 16.7 Å². The summed E-state index contributed by atoms with van der Waals surface area (Å²) in [5.74, 6) is -11.0. The molecule has 11 heteroatoms. The summed E-state index contributed by atoms with van der Waals surface area (Å²) in [6.07, 6.45) is -0.759. The second kappa shape index (κ2) is 7.42. The Bertz CT molecular complexity index is 807. The summed E-state index contributed by atoms with van der Waals surface area (Å²) in [5.41, 5.74) is -5.16. The van der Waals surface area contributed by atoms with E-state index >= 15 is 0 Å². The van der Waals surface area contributed by atoms with Crippen LogP contribution in [0.4, 0.5) is 0 Å². The molecular weight excluding hydrogens is 356 g/mol. The summed E-state index contributed by atoms with van der Waals surface area (Å²) in [6.45, 7) is 1.06. The Morgan fingerprint density at radius 1 is 0.885 bits per heavy atom. The minimum atomic E-state index is -3.08. The lowest BCUT2D eigenvalue weighted by Crippen LogP contribution is -2.47. The van der Waals surface area contributed by atoms with Crippen LogP contribution in [0.25, 0.3) is 0 Å². The van der Waals surface area contributed by atoms with Crippen LogP contribution in [0.1, 0.15) is 44.4 Å². The number of ether oxygens (including phenoxy) is 1. The summed E-state index contributed by atoms with van der Waals surface area (Å²) in [5, 5.41) is 36.0. The predicted octanol–water partition coefficient (Wildman–Crippen LogP) is 0.332. The molecular formula is C15H12O11. The lowest BCUT2D eigenvalue weighted by molar-refractivity contribution is -0.175. The van der Waals surface area contributed by atoms with Crippen molar-refractivity contribution in [1.29, 1.82) is 0 Å². The van der Waals surface area contributed by atoms with Gasteiger partial charge in [-0.05, 0) is 24.6 Å². The molecule has 0 aliphatic rings. The van der Waals surface area contributed by atoms with E-state index in [2.05, 4.69) is 4.74 Å². The van der Waals surface area contributed by atoms with Crippen LogP contribution in [0.2, 0.25) is 0 Å². The average molecular weight is 368 g/mol. The van der Waals surface area contributed by atoms with Gasteiger partial charge >= 0.3 is 35.8 Å². The maximum Gasteiger partial charge on any atom is 0.346 e. The molecule has 1 aromatic rings. The highest BCUT2D eigenvalue weighted by molar-refractivity contribution is 6.19. The topological polar surface area (TPSA) is 193 Å². The Kier molecular flexibility index (Phi) is 5.79. The fourth-order valence-electron chi connectivity index (χ4n) is 1.97. The van der Waals surface area contributed by atoms with Gasteiger partial charge in [-0.25, -0.2) is 19.2 Å². The van der Waals surface area contributed by atoms with Crippen LogP contribution in [0.5, 0.6) is 0 Å². The van der Waals surface area contributed by atoms with Gasteiger partial charge < -0.3 is 25.2 Å². The van der Waals surface area contributed by atoms with E-state index < -0.39 is 64.3 Å². The van der Waals surface area contributed by atoms with Gasteiger partial charge in [0.2, 0.25) is 0 Å². The van der Waals surface area contributed by atoms with Gasteiger partial charge in [0, 0.05) is 0 Å². The second-order valence-electron chi connectivity index (χ2n) is 4.92. The highest BCUT2D eigenvalue weighted by Gasteiger charge is 2.55. The van der Waals surface area contributed by atoms with Gasteiger partial charge in [0.15, 0.2) is 0 Å². The standard InChI is InChI=1S/C15H12O11/c1-2-15(12(21)22,13(23)24)14(25)26-11(20)8-5-6(9(16)17)3-4-7(8)10(18)19/h3-5H,2H2,1H3,(H,16,17)(H,18,19)(H,21,22)(H,23,24). The third-order valence-electron chi connectivity index (χ3n) is 3.51. The summed E-state index contributed by atoms with van der Waals surface area (Å²) in [6, 6.07) is 2.26. The second-order valence-corrected chi connectivity index (χ2v) is 4.92. The number of hydrogen-bond donors (Lipinski definition) is 4. The number of carbonyl (C=O) groups excluding carboxylic acids is 2. The molecule has 0 aromatic heterocycles. The van der Waals surface area contributed by atoms with Crippen LogP contribution in [-0.4, -0.2) is 56.2 Å². The molecule has 0 amide bonds. The van der Waals surface area contributed by atoms with E-state index in [-0.39, 0.29) is 0 Å². The number of carbonyl (C=O) groups is 6. The van der Waals surface area contributed by atoms with Gasteiger partial charge in [0.25, 0.3) is 5.41 Å². The van der Waals surface area contributed by atoms with E-state index in [4.69, 9.17) is 20.4 Å². The summed E-state index contributed by atoms with van der Waals surface area (Å²) < 4.78 is 4.25. The molecule has 0 unspecified atom stereocenters. The number of rotatable bonds is 7. The third kappa shape index (κ3) is 3.50. The minimum absolute atomic E-state index is 0.507. The Hall–Kier alpha value is -3.76. The van der Waals surface area contributed by atoms with Gasteiger partial charge in [-0.3, -0.25) is 9.59 Å². The molecule has 1 rings (SSSR count). The van der Waals surface area contributed by atoms with Crippen LogP contribution in [0, 0.1) is 5.41 Å². The first-order valence-corrected chi connectivity index (χ1v) is 6.83. The Morgan fingerprint density at radius 3 is 1.81 bits per heavy atom. The number of benzene rings is 1. The highest BCUT2D eigenvalue weighted by atomic mass is 16.6. The Balaban J connectivity index is 3.37. The number of carboxylic acids is 4. The van der Waals surface area contributed by atoms with Crippen molar-refractivity contribution in [1.82, 2.24) is 0 Å². The van der Waals surface area contributed by atoms with E-state index in [9.17, 15) is 28.8 Å². The van der Waals surface area contributed by atoms with E-state index in [0.717, 1.165) is 19.1 Å². The zero-order valence-corrected chi connectivity index (χ0v) is 13.1. The fourth-order valence-corrected chi connectivity index (χ4v) is 1.97. The molecule has 0 atom stereocenters. The van der Waals surface area contributed by atoms with Crippen molar-refractivity contribution in [2.45, 2.75) is 13.3 Å². The maximum absolute atomic E-state index is 12.1. The first-order chi connectivity index (χ1) is 12.0. The lowest BCUT2D eigenvalue weighted by atomic mass is 9.85. The molecule has 26 heavy (non-hydrogen) atoms. The van der Waals surface area contributed by atoms with Crippen molar-refractivity contribution in [2.24, 2.45) is 5.41 Å². The average Bonchev–Trinajstić information content (AvgIpc) is 2.54. The molecule has 0 bridgehead atoms.